The fourth-order valence-corrected chi connectivity index (χ4v) is 3.80. The Kier molecular flexibility index (Phi) is 4.13. The lowest BCUT2D eigenvalue weighted by Crippen LogP contribution is -1.95. The minimum absolute atomic E-state index is 0.233. The minimum Gasteiger partial charge on any atom is -0.233 e. The molecular formula is C17H15ClN2S. The summed E-state index contributed by atoms with van der Waals surface area (Å²) in [6.45, 7) is 4.08. The lowest BCUT2D eigenvalue weighted by atomic mass is 10.2. The van der Waals surface area contributed by atoms with E-state index in [0.717, 1.165) is 32.3 Å². The normalized spacial score (nSPS) is 12.5. The summed E-state index contributed by atoms with van der Waals surface area (Å²) < 4.78 is 0. The molecule has 0 aliphatic carbocycles. The molecule has 0 unspecified atom stereocenters. The molecule has 0 saturated carbocycles. The molecule has 3 rings (SSSR count). The van der Waals surface area contributed by atoms with Gasteiger partial charge in [-0.2, -0.15) is 0 Å². The van der Waals surface area contributed by atoms with Gasteiger partial charge >= 0.3 is 0 Å². The van der Waals surface area contributed by atoms with Crippen LogP contribution in [0.5, 0.6) is 0 Å². The van der Waals surface area contributed by atoms with E-state index in [1.807, 2.05) is 43.3 Å². The summed E-state index contributed by atoms with van der Waals surface area (Å²) in [5.74, 6) is 0.794. The Hall–Kier alpha value is -1.58. The van der Waals surface area contributed by atoms with E-state index in [9.17, 15) is 0 Å². The van der Waals surface area contributed by atoms with E-state index in [-0.39, 0.29) is 5.25 Å². The number of nitrogens with zero attached hydrogens (tertiary/aromatic N) is 2. The van der Waals surface area contributed by atoms with Gasteiger partial charge in [0.2, 0.25) is 0 Å². The summed E-state index contributed by atoms with van der Waals surface area (Å²) in [4.78, 5) is 9.09. The molecule has 0 aliphatic heterocycles. The van der Waals surface area contributed by atoms with Crippen molar-refractivity contribution in [3.8, 4) is 0 Å². The van der Waals surface area contributed by atoms with E-state index < -0.39 is 0 Å². The Labute approximate surface area is 133 Å². The standard InChI is InChI=1S/C17H15ClN2S/c1-11(13-7-3-5-9-15(13)18)21-17-14-8-4-6-10-16(14)19-12(2)20-17/h3-11H,1-2H3/t11-/m1/s1. The van der Waals surface area contributed by atoms with E-state index >= 15 is 0 Å². The van der Waals surface area contributed by atoms with Crippen LogP contribution in [0.3, 0.4) is 0 Å². The summed E-state index contributed by atoms with van der Waals surface area (Å²) in [7, 11) is 0. The summed E-state index contributed by atoms with van der Waals surface area (Å²) in [5.41, 5.74) is 2.11. The molecule has 0 amide bonds. The third-order valence-corrected chi connectivity index (χ3v) is 4.80. The van der Waals surface area contributed by atoms with E-state index in [0.29, 0.717) is 0 Å². The van der Waals surface area contributed by atoms with Gasteiger partial charge in [-0.25, -0.2) is 9.97 Å². The molecule has 0 aliphatic rings. The van der Waals surface area contributed by atoms with Gasteiger partial charge in [0.1, 0.15) is 10.9 Å². The lowest BCUT2D eigenvalue weighted by Gasteiger charge is -2.14. The Balaban J connectivity index is 2.00. The maximum atomic E-state index is 6.29. The first-order valence-electron chi connectivity index (χ1n) is 6.79. The van der Waals surface area contributed by atoms with E-state index in [4.69, 9.17) is 11.6 Å². The predicted octanol–water partition coefficient (Wildman–Crippen LogP) is 5.44. The fourth-order valence-electron chi connectivity index (χ4n) is 2.28. The quantitative estimate of drug-likeness (QED) is 0.475. The Morgan fingerprint density at radius 1 is 1.00 bits per heavy atom. The molecule has 106 valence electrons. The van der Waals surface area contributed by atoms with Gasteiger partial charge in [-0.05, 0) is 31.5 Å². The van der Waals surface area contributed by atoms with Crippen molar-refractivity contribution in [3.05, 3.63) is 64.9 Å². The average molecular weight is 315 g/mol. The van der Waals surface area contributed by atoms with Crippen LogP contribution in [-0.4, -0.2) is 9.97 Å². The first-order valence-corrected chi connectivity index (χ1v) is 8.05. The van der Waals surface area contributed by atoms with Crippen molar-refractivity contribution in [1.82, 2.24) is 9.97 Å². The van der Waals surface area contributed by atoms with Gasteiger partial charge in [0.15, 0.2) is 0 Å². The first kappa shape index (κ1) is 14.4. The van der Waals surface area contributed by atoms with Crippen LogP contribution in [0.4, 0.5) is 0 Å². The largest absolute Gasteiger partial charge is 0.233 e. The molecule has 1 atom stereocenters. The Morgan fingerprint density at radius 2 is 1.71 bits per heavy atom. The number of thioether (sulfide) groups is 1. The van der Waals surface area contributed by atoms with Gasteiger partial charge in [0.25, 0.3) is 0 Å². The number of hydrogen-bond donors (Lipinski definition) is 0. The van der Waals surface area contributed by atoms with Gasteiger partial charge in [-0.3, -0.25) is 0 Å². The number of benzene rings is 2. The first-order chi connectivity index (χ1) is 10.1. The van der Waals surface area contributed by atoms with Gasteiger partial charge in [-0.15, -0.1) is 0 Å². The molecule has 0 radical (unpaired) electrons. The third-order valence-electron chi connectivity index (χ3n) is 3.31. The molecule has 3 aromatic rings. The van der Waals surface area contributed by atoms with Crippen molar-refractivity contribution >= 4 is 34.3 Å². The zero-order chi connectivity index (χ0) is 14.8. The zero-order valence-electron chi connectivity index (χ0n) is 11.9. The molecule has 21 heavy (non-hydrogen) atoms. The summed E-state index contributed by atoms with van der Waals surface area (Å²) in [6, 6.07) is 16.1. The molecule has 2 nitrogen and oxygen atoms in total. The molecule has 4 heteroatoms. The maximum Gasteiger partial charge on any atom is 0.127 e. The molecule has 2 aromatic carbocycles. The summed E-state index contributed by atoms with van der Waals surface area (Å²) in [5, 5.41) is 3.13. The molecular weight excluding hydrogens is 300 g/mol. The number of aryl methyl sites for hydroxylation is 1. The molecule has 0 N–H and O–H groups in total. The molecule has 0 spiro atoms. The van der Waals surface area contributed by atoms with Crippen LogP contribution >= 0.6 is 23.4 Å². The van der Waals surface area contributed by atoms with Gasteiger partial charge in [0.05, 0.1) is 5.52 Å². The van der Waals surface area contributed by atoms with Crippen molar-refractivity contribution in [2.75, 3.05) is 0 Å². The Bertz CT molecular complexity index is 789. The molecule has 0 bridgehead atoms. The van der Waals surface area contributed by atoms with Crippen LogP contribution in [0.1, 0.15) is 23.6 Å². The predicted molar refractivity (Wildman–Crippen MR) is 90.0 cm³/mol. The number of fused-ring (bicyclic) bond motifs is 1. The second kappa shape index (κ2) is 6.04. The smallest absolute Gasteiger partial charge is 0.127 e. The number of aromatic nitrogens is 2. The highest BCUT2D eigenvalue weighted by Crippen LogP contribution is 2.39. The van der Waals surface area contributed by atoms with Crippen LogP contribution < -0.4 is 0 Å². The van der Waals surface area contributed by atoms with Crippen molar-refractivity contribution in [2.45, 2.75) is 24.1 Å². The van der Waals surface area contributed by atoms with E-state index in [1.54, 1.807) is 11.8 Å². The lowest BCUT2D eigenvalue weighted by molar-refractivity contribution is 0.997. The van der Waals surface area contributed by atoms with Gasteiger partial charge in [0, 0.05) is 15.7 Å². The molecule has 0 saturated heterocycles. The number of halogens is 1. The molecule has 1 aromatic heterocycles. The van der Waals surface area contributed by atoms with E-state index in [1.165, 1.54) is 0 Å². The Morgan fingerprint density at radius 3 is 2.52 bits per heavy atom. The second-order valence-electron chi connectivity index (χ2n) is 4.87. The zero-order valence-corrected chi connectivity index (χ0v) is 13.4. The maximum absolute atomic E-state index is 6.29. The van der Waals surface area contributed by atoms with Crippen molar-refractivity contribution in [2.24, 2.45) is 0 Å². The van der Waals surface area contributed by atoms with Crippen LogP contribution in [0, 0.1) is 6.92 Å². The van der Waals surface area contributed by atoms with Crippen LogP contribution in [0.15, 0.2) is 53.6 Å². The summed E-state index contributed by atoms with van der Waals surface area (Å²) in [6.07, 6.45) is 0. The number of rotatable bonds is 3. The topological polar surface area (TPSA) is 25.8 Å². The summed E-state index contributed by atoms with van der Waals surface area (Å²) >= 11 is 8.01. The number of hydrogen-bond acceptors (Lipinski definition) is 3. The van der Waals surface area contributed by atoms with E-state index in [2.05, 4.69) is 29.0 Å². The highest BCUT2D eigenvalue weighted by atomic mass is 35.5. The van der Waals surface area contributed by atoms with Gasteiger partial charge in [-0.1, -0.05) is 59.8 Å². The van der Waals surface area contributed by atoms with Crippen LogP contribution in [0.25, 0.3) is 10.9 Å². The fraction of sp³-hybridized carbons (Fsp3) is 0.176. The van der Waals surface area contributed by atoms with Crippen LogP contribution in [0.2, 0.25) is 5.02 Å². The monoisotopic (exact) mass is 314 g/mol. The molecule has 1 heterocycles. The highest BCUT2D eigenvalue weighted by Gasteiger charge is 2.14. The highest BCUT2D eigenvalue weighted by molar-refractivity contribution is 7.99. The molecule has 0 fully saturated rings. The second-order valence-corrected chi connectivity index (χ2v) is 6.61. The average Bonchev–Trinajstić information content (AvgIpc) is 2.47. The number of para-hydroxylation sites is 1. The van der Waals surface area contributed by atoms with Crippen LogP contribution in [-0.2, 0) is 0 Å². The van der Waals surface area contributed by atoms with Crippen molar-refractivity contribution in [3.63, 3.8) is 0 Å². The van der Waals surface area contributed by atoms with Crippen molar-refractivity contribution in [1.29, 1.82) is 0 Å². The third kappa shape index (κ3) is 3.04. The minimum atomic E-state index is 0.233. The van der Waals surface area contributed by atoms with Crippen molar-refractivity contribution < 1.29 is 0 Å². The van der Waals surface area contributed by atoms with Gasteiger partial charge < -0.3 is 0 Å². The SMILES string of the molecule is Cc1nc(S[C@H](C)c2ccccc2Cl)c2ccccc2n1.